The first kappa shape index (κ1) is 9.22. The minimum atomic E-state index is -4.44. The van der Waals surface area contributed by atoms with Crippen molar-refractivity contribution < 1.29 is 19.0 Å². The zero-order valence-corrected chi connectivity index (χ0v) is 6.94. The van der Waals surface area contributed by atoms with E-state index in [2.05, 4.69) is 10.1 Å². The van der Waals surface area contributed by atoms with E-state index in [1.54, 1.807) is 30.3 Å². The van der Waals surface area contributed by atoms with Gasteiger partial charge in [-0.2, -0.15) is 4.62 Å². The number of hydrogen-bond donors (Lipinski definition) is 3. The molecule has 0 fully saturated rings. The molecule has 0 aromatic heterocycles. The van der Waals surface area contributed by atoms with Crippen molar-refractivity contribution in [2.45, 2.75) is 0 Å². The third kappa shape index (κ3) is 3.50. The fourth-order valence-corrected chi connectivity index (χ4v) is 0.843. The molecular formula is C6H8NO4P. The van der Waals surface area contributed by atoms with Crippen molar-refractivity contribution in [3.8, 4) is 0 Å². The lowest BCUT2D eigenvalue weighted by atomic mass is 10.3. The van der Waals surface area contributed by atoms with E-state index in [1.165, 1.54) is 0 Å². The fourth-order valence-electron chi connectivity index (χ4n) is 0.618. The largest absolute Gasteiger partial charge is 0.491 e. The molecule has 0 saturated heterocycles. The average molecular weight is 189 g/mol. The van der Waals surface area contributed by atoms with Crippen molar-refractivity contribution in [3.63, 3.8) is 0 Å². The van der Waals surface area contributed by atoms with Gasteiger partial charge in [-0.3, -0.25) is 5.48 Å². The van der Waals surface area contributed by atoms with E-state index in [-0.39, 0.29) is 0 Å². The first-order valence-electron chi connectivity index (χ1n) is 3.13. The van der Waals surface area contributed by atoms with Gasteiger partial charge in [0.2, 0.25) is 0 Å². The fraction of sp³-hybridized carbons (Fsp3) is 0. The quantitative estimate of drug-likeness (QED) is 0.490. The third-order valence-corrected chi connectivity index (χ3v) is 1.39. The van der Waals surface area contributed by atoms with Crippen LogP contribution in [0.4, 0.5) is 5.69 Å². The smallest absolute Gasteiger partial charge is 0.301 e. The molecule has 0 amide bonds. The Labute approximate surface area is 69.2 Å². The molecule has 0 aliphatic rings. The predicted molar refractivity (Wildman–Crippen MR) is 43.2 cm³/mol. The second-order valence-corrected chi connectivity index (χ2v) is 3.21. The summed E-state index contributed by atoms with van der Waals surface area (Å²) in [5, 5.41) is 0. The van der Waals surface area contributed by atoms with Crippen molar-refractivity contribution in [1.82, 2.24) is 0 Å². The maximum absolute atomic E-state index is 10.2. The molecule has 0 radical (unpaired) electrons. The molecule has 1 aromatic carbocycles. The Morgan fingerprint density at radius 2 is 1.83 bits per heavy atom. The monoisotopic (exact) mass is 189 g/mol. The van der Waals surface area contributed by atoms with E-state index >= 15 is 0 Å². The zero-order chi connectivity index (χ0) is 9.03. The van der Waals surface area contributed by atoms with E-state index in [0.717, 1.165) is 0 Å². The Bertz CT molecular complexity index is 283. The van der Waals surface area contributed by atoms with E-state index in [0.29, 0.717) is 5.69 Å². The van der Waals surface area contributed by atoms with Crippen LogP contribution in [0.1, 0.15) is 0 Å². The molecule has 1 aromatic rings. The van der Waals surface area contributed by atoms with Gasteiger partial charge in [0.05, 0.1) is 5.69 Å². The molecule has 5 nitrogen and oxygen atoms in total. The molecule has 0 bridgehead atoms. The van der Waals surface area contributed by atoms with Gasteiger partial charge in [0.25, 0.3) is 0 Å². The van der Waals surface area contributed by atoms with Crippen LogP contribution in [0.5, 0.6) is 0 Å². The summed E-state index contributed by atoms with van der Waals surface area (Å²) in [6.45, 7) is 0. The standard InChI is InChI=1S/C6H8NO4P/c8-12(9,10)11-7-6-4-2-1-3-5-6/h1-5,7H,(H2,8,9,10). The van der Waals surface area contributed by atoms with Crippen LogP contribution in [0.3, 0.4) is 0 Å². The Morgan fingerprint density at radius 1 is 1.25 bits per heavy atom. The molecule has 0 atom stereocenters. The number of anilines is 1. The van der Waals surface area contributed by atoms with Gasteiger partial charge in [0.1, 0.15) is 0 Å². The summed E-state index contributed by atoms with van der Waals surface area (Å²) >= 11 is 0. The van der Waals surface area contributed by atoms with Crippen molar-refractivity contribution in [2.24, 2.45) is 0 Å². The number of para-hydroxylation sites is 1. The van der Waals surface area contributed by atoms with Crippen LogP contribution in [-0.4, -0.2) is 9.79 Å². The van der Waals surface area contributed by atoms with Gasteiger partial charge in [-0.25, -0.2) is 4.57 Å². The van der Waals surface area contributed by atoms with Crippen LogP contribution in [0.2, 0.25) is 0 Å². The Morgan fingerprint density at radius 3 is 2.33 bits per heavy atom. The number of nitrogens with one attached hydrogen (secondary N) is 1. The van der Waals surface area contributed by atoms with Crippen LogP contribution < -0.4 is 5.48 Å². The number of hydrogen-bond acceptors (Lipinski definition) is 3. The summed E-state index contributed by atoms with van der Waals surface area (Å²) in [6, 6.07) is 8.45. The van der Waals surface area contributed by atoms with Gasteiger partial charge >= 0.3 is 7.82 Å². The average Bonchev–Trinajstić information content (AvgIpc) is 2.02. The van der Waals surface area contributed by atoms with E-state index in [4.69, 9.17) is 9.79 Å². The minimum absolute atomic E-state index is 0.487. The Hall–Kier alpha value is -0.870. The van der Waals surface area contributed by atoms with Crippen molar-refractivity contribution >= 4 is 13.5 Å². The molecule has 6 heteroatoms. The summed E-state index contributed by atoms with van der Waals surface area (Å²) < 4.78 is 14.2. The van der Waals surface area contributed by atoms with Crippen LogP contribution in [0.25, 0.3) is 0 Å². The highest BCUT2D eigenvalue weighted by atomic mass is 31.2. The lowest BCUT2D eigenvalue weighted by Gasteiger charge is -2.06. The lowest BCUT2D eigenvalue weighted by Crippen LogP contribution is -1.97. The molecule has 12 heavy (non-hydrogen) atoms. The minimum Gasteiger partial charge on any atom is -0.301 e. The molecule has 0 heterocycles. The Balaban J connectivity index is 2.50. The van der Waals surface area contributed by atoms with Gasteiger partial charge in [-0.15, -0.1) is 0 Å². The van der Waals surface area contributed by atoms with Gasteiger partial charge in [-0.1, -0.05) is 18.2 Å². The summed E-state index contributed by atoms with van der Waals surface area (Å²) in [7, 11) is -4.44. The summed E-state index contributed by atoms with van der Waals surface area (Å²) in [5.41, 5.74) is 2.61. The van der Waals surface area contributed by atoms with E-state index in [9.17, 15) is 4.57 Å². The molecular weight excluding hydrogens is 181 g/mol. The van der Waals surface area contributed by atoms with Crippen molar-refractivity contribution in [2.75, 3.05) is 5.48 Å². The number of benzene rings is 1. The maximum atomic E-state index is 10.2. The number of phosphoric acid groups is 1. The topological polar surface area (TPSA) is 78.8 Å². The third-order valence-electron chi connectivity index (χ3n) is 1.06. The molecule has 0 aliphatic heterocycles. The van der Waals surface area contributed by atoms with Crippen molar-refractivity contribution in [3.05, 3.63) is 30.3 Å². The van der Waals surface area contributed by atoms with Gasteiger partial charge in [-0.05, 0) is 12.1 Å². The molecule has 0 saturated carbocycles. The SMILES string of the molecule is O=P(O)(O)ONc1ccccc1. The number of rotatable bonds is 3. The molecule has 3 N–H and O–H groups in total. The van der Waals surface area contributed by atoms with Crippen LogP contribution in [-0.2, 0) is 9.19 Å². The van der Waals surface area contributed by atoms with Crippen LogP contribution >= 0.6 is 7.82 Å². The van der Waals surface area contributed by atoms with Gasteiger partial charge in [0.15, 0.2) is 0 Å². The molecule has 1 rings (SSSR count). The molecule has 0 aliphatic carbocycles. The first-order valence-corrected chi connectivity index (χ1v) is 4.66. The summed E-state index contributed by atoms with van der Waals surface area (Å²) in [6.07, 6.45) is 0. The highest BCUT2D eigenvalue weighted by molar-refractivity contribution is 7.46. The molecule has 0 spiro atoms. The van der Waals surface area contributed by atoms with E-state index < -0.39 is 7.82 Å². The van der Waals surface area contributed by atoms with Gasteiger partial charge < -0.3 is 9.79 Å². The normalized spacial score (nSPS) is 11.2. The zero-order valence-electron chi connectivity index (χ0n) is 6.04. The molecule has 0 unspecified atom stereocenters. The second-order valence-electron chi connectivity index (χ2n) is 2.05. The predicted octanol–water partition coefficient (Wildman–Crippen LogP) is 1.12. The second kappa shape index (κ2) is 3.69. The highest BCUT2D eigenvalue weighted by Crippen LogP contribution is 2.35. The van der Waals surface area contributed by atoms with Crippen LogP contribution in [0, 0.1) is 0 Å². The first-order chi connectivity index (χ1) is 5.58. The van der Waals surface area contributed by atoms with Crippen molar-refractivity contribution in [1.29, 1.82) is 0 Å². The summed E-state index contributed by atoms with van der Waals surface area (Å²) in [5.74, 6) is 0. The Kier molecular flexibility index (Phi) is 2.83. The lowest BCUT2D eigenvalue weighted by molar-refractivity contribution is 0.233. The van der Waals surface area contributed by atoms with E-state index in [1.807, 2.05) is 0 Å². The molecule has 66 valence electrons. The van der Waals surface area contributed by atoms with Crippen LogP contribution in [0.15, 0.2) is 30.3 Å². The highest BCUT2D eigenvalue weighted by Gasteiger charge is 2.13. The summed E-state index contributed by atoms with van der Waals surface area (Å²) in [4.78, 5) is 16.6. The van der Waals surface area contributed by atoms with Gasteiger partial charge in [0, 0.05) is 0 Å². The maximum Gasteiger partial charge on any atom is 0.491 e.